The SMILES string of the molecule is O=C(O)c1ccc2c(ccn2-c2ccc(F)cc2F)c1. The van der Waals surface area contributed by atoms with E-state index in [1.165, 1.54) is 24.3 Å². The monoisotopic (exact) mass is 273 g/mol. The molecule has 0 bridgehead atoms. The Morgan fingerprint density at radius 2 is 1.85 bits per heavy atom. The van der Waals surface area contributed by atoms with Gasteiger partial charge in [-0.25, -0.2) is 13.6 Å². The number of aromatic nitrogens is 1. The predicted molar refractivity (Wildman–Crippen MR) is 70.2 cm³/mol. The summed E-state index contributed by atoms with van der Waals surface area (Å²) in [5.41, 5.74) is 1.03. The smallest absolute Gasteiger partial charge is 0.335 e. The van der Waals surface area contributed by atoms with E-state index in [9.17, 15) is 13.6 Å². The standard InChI is InChI=1S/C15H9F2NO2/c16-11-2-4-14(12(17)8-11)18-6-5-9-7-10(15(19)20)1-3-13(9)18/h1-8H,(H,19,20). The molecule has 2 aromatic carbocycles. The summed E-state index contributed by atoms with van der Waals surface area (Å²) in [7, 11) is 0. The first-order valence-electron chi connectivity index (χ1n) is 5.86. The fourth-order valence-electron chi connectivity index (χ4n) is 2.16. The van der Waals surface area contributed by atoms with Crippen LogP contribution >= 0.6 is 0 Å². The van der Waals surface area contributed by atoms with Gasteiger partial charge in [-0.05, 0) is 36.4 Å². The molecule has 1 aromatic heterocycles. The van der Waals surface area contributed by atoms with Crippen molar-refractivity contribution in [2.24, 2.45) is 0 Å². The molecule has 20 heavy (non-hydrogen) atoms. The lowest BCUT2D eigenvalue weighted by Gasteiger charge is -2.07. The maximum Gasteiger partial charge on any atom is 0.335 e. The molecule has 3 nitrogen and oxygen atoms in total. The summed E-state index contributed by atoms with van der Waals surface area (Å²) >= 11 is 0. The zero-order valence-corrected chi connectivity index (χ0v) is 10.2. The molecule has 0 saturated carbocycles. The van der Waals surface area contributed by atoms with Crippen LogP contribution in [0.1, 0.15) is 10.4 Å². The van der Waals surface area contributed by atoms with Gasteiger partial charge < -0.3 is 9.67 Å². The number of carboxylic acids is 1. The van der Waals surface area contributed by atoms with Crippen LogP contribution in [0.2, 0.25) is 0 Å². The van der Waals surface area contributed by atoms with Crippen molar-refractivity contribution < 1.29 is 18.7 Å². The average molecular weight is 273 g/mol. The highest BCUT2D eigenvalue weighted by molar-refractivity contribution is 5.94. The minimum Gasteiger partial charge on any atom is -0.478 e. The van der Waals surface area contributed by atoms with E-state index in [-0.39, 0.29) is 11.3 Å². The molecule has 5 heteroatoms. The first-order chi connectivity index (χ1) is 9.56. The van der Waals surface area contributed by atoms with Gasteiger partial charge in [0, 0.05) is 17.6 Å². The number of rotatable bonds is 2. The number of hydrogen-bond donors (Lipinski definition) is 1. The van der Waals surface area contributed by atoms with Crippen LogP contribution in [-0.4, -0.2) is 15.6 Å². The second kappa shape index (κ2) is 4.45. The van der Waals surface area contributed by atoms with Crippen LogP contribution in [-0.2, 0) is 0 Å². The van der Waals surface area contributed by atoms with Gasteiger partial charge in [0.2, 0.25) is 0 Å². The van der Waals surface area contributed by atoms with Crippen LogP contribution in [0.25, 0.3) is 16.6 Å². The van der Waals surface area contributed by atoms with Gasteiger partial charge in [0.15, 0.2) is 0 Å². The molecule has 0 amide bonds. The van der Waals surface area contributed by atoms with Crippen LogP contribution in [0.5, 0.6) is 0 Å². The first kappa shape index (κ1) is 12.3. The third kappa shape index (κ3) is 1.93. The van der Waals surface area contributed by atoms with E-state index in [1.807, 2.05) is 0 Å². The number of benzene rings is 2. The Labute approximate surface area is 112 Å². The Bertz CT molecular complexity index is 824. The van der Waals surface area contributed by atoms with E-state index in [0.29, 0.717) is 10.9 Å². The second-order valence-electron chi connectivity index (χ2n) is 4.36. The fraction of sp³-hybridized carbons (Fsp3) is 0. The van der Waals surface area contributed by atoms with Gasteiger partial charge in [0.05, 0.1) is 16.8 Å². The topological polar surface area (TPSA) is 42.2 Å². The molecule has 0 atom stereocenters. The van der Waals surface area contributed by atoms with Crippen molar-refractivity contribution in [3.63, 3.8) is 0 Å². The van der Waals surface area contributed by atoms with Gasteiger partial charge >= 0.3 is 5.97 Å². The zero-order chi connectivity index (χ0) is 14.3. The highest BCUT2D eigenvalue weighted by Gasteiger charge is 2.11. The molecular weight excluding hydrogens is 264 g/mol. The molecule has 0 aliphatic rings. The maximum atomic E-state index is 13.8. The Balaban J connectivity index is 2.20. The zero-order valence-electron chi connectivity index (χ0n) is 10.2. The highest BCUT2D eigenvalue weighted by Crippen LogP contribution is 2.23. The molecule has 0 aliphatic carbocycles. The molecule has 0 aliphatic heterocycles. The van der Waals surface area contributed by atoms with Crippen LogP contribution in [0.4, 0.5) is 8.78 Å². The van der Waals surface area contributed by atoms with Crippen LogP contribution in [0, 0.1) is 11.6 Å². The number of carbonyl (C=O) groups is 1. The Morgan fingerprint density at radius 1 is 1.05 bits per heavy atom. The minimum atomic E-state index is -1.02. The predicted octanol–water partition coefficient (Wildman–Crippen LogP) is 3.61. The normalized spacial score (nSPS) is 10.9. The van der Waals surface area contributed by atoms with Crippen LogP contribution < -0.4 is 0 Å². The number of fused-ring (bicyclic) bond motifs is 1. The number of hydrogen-bond acceptors (Lipinski definition) is 1. The van der Waals surface area contributed by atoms with Crippen molar-refractivity contribution in [3.05, 3.63) is 65.9 Å². The average Bonchev–Trinajstić information content (AvgIpc) is 2.81. The lowest BCUT2D eigenvalue weighted by atomic mass is 10.1. The molecule has 100 valence electrons. The fourth-order valence-corrected chi connectivity index (χ4v) is 2.16. The minimum absolute atomic E-state index is 0.162. The molecule has 1 N–H and O–H groups in total. The Hall–Kier alpha value is -2.69. The molecule has 0 fully saturated rings. The number of carboxylic acid groups (broad SMARTS) is 1. The van der Waals surface area contributed by atoms with Crippen molar-refractivity contribution in [2.75, 3.05) is 0 Å². The van der Waals surface area contributed by atoms with Crippen molar-refractivity contribution in [1.82, 2.24) is 4.57 Å². The second-order valence-corrected chi connectivity index (χ2v) is 4.36. The van der Waals surface area contributed by atoms with E-state index in [2.05, 4.69) is 0 Å². The van der Waals surface area contributed by atoms with E-state index < -0.39 is 17.6 Å². The van der Waals surface area contributed by atoms with E-state index in [4.69, 9.17) is 5.11 Å². The maximum absolute atomic E-state index is 13.8. The van der Waals surface area contributed by atoms with Gasteiger partial charge in [-0.15, -0.1) is 0 Å². The van der Waals surface area contributed by atoms with E-state index in [0.717, 1.165) is 6.07 Å². The summed E-state index contributed by atoms with van der Waals surface area (Å²) in [5, 5.41) is 9.61. The van der Waals surface area contributed by atoms with E-state index >= 15 is 0 Å². The summed E-state index contributed by atoms with van der Waals surface area (Å²) in [4.78, 5) is 10.9. The first-order valence-corrected chi connectivity index (χ1v) is 5.86. The largest absolute Gasteiger partial charge is 0.478 e. The molecule has 3 aromatic rings. The third-order valence-corrected chi connectivity index (χ3v) is 3.11. The van der Waals surface area contributed by atoms with Gasteiger partial charge in [0.25, 0.3) is 0 Å². The van der Waals surface area contributed by atoms with Crippen molar-refractivity contribution >= 4 is 16.9 Å². The van der Waals surface area contributed by atoms with E-state index in [1.54, 1.807) is 22.9 Å². The molecule has 0 spiro atoms. The van der Waals surface area contributed by atoms with Gasteiger partial charge in [0.1, 0.15) is 11.6 Å². The van der Waals surface area contributed by atoms with Crippen molar-refractivity contribution in [3.8, 4) is 5.69 Å². The lowest BCUT2D eigenvalue weighted by Crippen LogP contribution is -1.98. The number of nitrogens with zero attached hydrogens (tertiary/aromatic N) is 1. The molecule has 0 unspecified atom stereocenters. The molecule has 0 saturated heterocycles. The van der Waals surface area contributed by atoms with Crippen LogP contribution in [0.15, 0.2) is 48.7 Å². The Morgan fingerprint density at radius 3 is 2.55 bits per heavy atom. The van der Waals surface area contributed by atoms with Crippen molar-refractivity contribution in [1.29, 1.82) is 0 Å². The lowest BCUT2D eigenvalue weighted by molar-refractivity contribution is 0.0697. The molecule has 1 heterocycles. The van der Waals surface area contributed by atoms with Gasteiger partial charge in [-0.3, -0.25) is 0 Å². The summed E-state index contributed by atoms with van der Waals surface area (Å²) in [5.74, 6) is -2.34. The van der Waals surface area contributed by atoms with Crippen molar-refractivity contribution in [2.45, 2.75) is 0 Å². The molecule has 3 rings (SSSR count). The summed E-state index contributed by atoms with van der Waals surface area (Å²) in [6.45, 7) is 0. The summed E-state index contributed by atoms with van der Waals surface area (Å²) in [6, 6.07) is 9.57. The Kier molecular flexibility index (Phi) is 2.75. The molecular formula is C15H9F2NO2. The quantitative estimate of drug-likeness (QED) is 0.775. The van der Waals surface area contributed by atoms with Crippen LogP contribution in [0.3, 0.4) is 0 Å². The van der Waals surface area contributed by atoms with Gasteiger partial charge in [-0.1, -0.05) is 0 Å². The molecule has 0 radical (unpaired) electrons. The van der Waals surface area contributed by atoms with Gasteiger partial charge in [-0.2, -0.15) is 0 Å². The highest BCUT2D eigenvalue weighted by atomic mass is 19.1. The number of aromatic carboxylic acids is 1. The summed E-state index contributed by atoms with van der Waals surface area (Å²) < 4.78 is 28.3. The summed E-state index contributed by atoms with van der Waals surface area (Å²) in [6.07, 6.45) is 1.62. The third-order valence-electron chi connectivity index (χ3n) is 3.11. The number of halogens is 2.